The van der Waals surface area contributed by atoms with Crippen molar-refractivity contribution in [2.45, 2.75) is 13.5 Å². The lowest BCUT2D eigenvalue weighted by atomic mass is 10.2. The first-order valence-corrected chi connectivity index (χ1v) is 8.47. The third-order valence-electron chi connectivity index (χ3n) is 3.86. The normalized spacial score (nSPS) is 10.3. The summed E-state index contributed by atoms with van der Waals surface area (Å²) < 4.78 is 0. The number of carbonyl (C=O) groups excluding carboxylic acids is 2. The molecule has 0 atom stereocenters. The van der Waals surface area contributed by atoms with E-state index in [1.807, 2.05) is 0 Å². The second kappa shape index (κ2) is 8.12. The third-order valence-corrected chi connectivity index (χ3v) is 3.86. The molecule has 0 spiro atoms. The molecule has 0 fully saturated rings. The number of amides is 2. The molecule has 28 heavy (non-hydrogen) atoms. The molecule has 9 nitrogen and oxygen atoms in total. The molecule has 0 saturated heterocycles. The summed E-state index contributed by atoms with van der Waals surface area (Å²) in [5.41, 5.74) is 7.86. The van der Waals surface area contributed by atoms with E-state index >= 15 is 0 Å². The Kier molecular flexibility index (Phi) is 5.45. The van der Waals surface area contributed by atoms with Gasteiger partial charge in [-0.15, -0.1) is 0 Å². The molecule has 1 aromatic heterocycles. The van der Waals surface area contributed by atoms with Crippen LogP contribution in [0.15, 0.2) is 48.5 Å². The second-order valence-corrected chi connectivity index (χ2v) is 6.09. The summed E-state index contributed by atoms with van der Waals surface area (Å²) in [7, 11) is 0. The Morgan fingerprint density at radius 2 is 1.86 bits per heavy atom. The van der Waals surface area contributed by atoms with E-state index in [-0.39, 0.29) is 23.0 Å². The smallest absolute Gasteiger partial charge is 0.256 e. The maximum atomic E-state index is 12.0. The predicted molar refractivity (Wildman–Crippen MR) is 107 cm³/mol. The van der Waals surface area contributed by atoms with Gasteiger partial charge in [-0.2, -0.15) is 5.10 Å². The highest BCUT2D eigenvalue weighted by Gasteiger charge is 2.18. The zero-order valence-electron chi connectivity index (χ0n) is 15.1. The SMILES string of the molecule is CC(=O)Nc1cccc(Nc2n[nH]c(NCc3ccc(O)cc3)c2C(N)=O)c1. The first-order chi connectivity index (χ1) is 13.4. The molecule has 0 saturated carbocycles. The number of phenols is 1. The number of aromatic hydroxyl groups is 1. The van der Waals surface area contributed by atoms with E-state index in [1.165, 1.54) is 6.92 Å². The average molecular weight is 380 g/mol. The topological polar surface area (TPSA) is 145 Å². The van der Waals surface area contributed by atoms with Gasteiger partial charge in [0.05, 0.1) is 0 Å². The van der Waals surface area contributed by atoms with Crippen LogP contribution in [-0.4, -0.2) is 27.1 Å². The van der Waals surface area contributed by atoms with Crippen molar-refractivity contribution in [3.05, 3.63) is 59.7 Å². The summed E-state index contributed by atoms with van der Waals surface area (Å²) in [6.07, 6.45) is 0. The molecule has 144 valence electrons. The van der Waals surface area contributed by atoms with Crippen LogP contribution in [0.25, 0.3) is 0 Å². The van der Waals surface area contributed by atoms with Crippen LogP contribution < -0.4 is 21.7 Å². The number of anilines is 4. The number of nitrogens with zero attached hydrogens (tertiary/aromatic N) is 1. The predicted octanol–water partition coefficient (Wildman–Crippen LogP) is 2.53. The fourth-order valence-electron chi connectivity index (χ4n) is 2.62. The van der Waals surface area contributed by atoms with Gasteiger partial charge in [0.15, 0.2) is 5.82 Å². The third kappa shape index (κ3) is 4.58. The molecule has 2 aromatic carbocycles. The Labute approximate surface area is 161 Å². The number of phenolic OH excluding ortho intramolecular Hbond substituents is 1. The number of aromatic amines is 1. The Balaban J connectivity index is 1.78. The largest absolute Gasteiger partial charge is 0.508 e. The minimum Gasteiger partial charge on any atom is -0.508 e. The van der Waals surface area contributed by atoms with E-state index in [9.17, 15) is 14.7 Å². The number of carbonyl (C=O) groups is 2. The molecule has 3 rings (SSSR count). The minimum atomic E-state index is -0.650. The molecule has 3 aromatic rings. The number of H-pyrrole nitrogens is 1. The monoisotopic (exact) mass is 380 g/mol. The molecule has 7 N–H and O–H groups in total. The highest BCUT2D eigenvalue weighted by molar-refractivity contribution is 6.03. The zero-order valence-corrected chi connectivity index (χ0v) is 15.1. The first-order valence-electron chi connectivity index (χ1n) is 8.47. The maximum Gasteiger partial charge on any atom is 0.256 e. The number of aromatic nitrogens is 2. The lowest BCUT2D eigenvalue weighted by Crippen LogP contribution is -2.15. The van der Waals surface area contributed by atoms with E-state index < -0.39 is 5.91 Å². The number of benzene rings is 2. The van der Waals surface area contributed by atoms with Crippen LogP contribution >= 0.6 is 0 Å². The van der Waals surface area contributed by atoms with Crippen LogP contribution in [-0.2, 0) is 11.3 Å². The molecular formula is C19H20N6O3. The quantitative estimate of drug-likeness (QED) is 0.371. The maximum absolute atomic E-state index is 12.0. The van der Waals surface area contributed by atoms with Gasteiger partial charge in [0.2, 0.25) is 5.91 Å². The van der Waals surface area contributed by atoms with Gasteiger partial charge in [-0.05, 0) is 35.9 Å². The van der Waals surface area contributed by atoms with Crippen LogP contribution in [0.1, 0.15) is 22.8 Å². The molecule has 0 aliphatic rings. The Hall–Kier alpha value is -4.01. The lowest BCUT2D eigenvalue weighted by molar-refractivity contribution is -0.114. The Morgan fingerprint density at radius 1 is 1.14 bits per heavy atom. The van der Waals surface area contributed by atoms with Gasteiger partial charge in [-0.3, -0.25) is 14.7 Å². The van der Waals surface area contributed by atoms with E-state index in [0.717, 1.165) is 5.56 Å². The van der Waals surface area contributed by atoms with Gasteiger partial charge in [0, 0.05) is 24.8 Å². The van der Waals surface area contributed by atoms with Crippen LogP contribution in [0.2, 0.25) is 0 Å². The number of nitrogens with one attached hydrogen (secondary N) is 4. The van der Waals surface area contributed by atoms with Crippen molar-refractivity contribution in [3.63, 3.8) is 0 Å². The molecule has 0 bridgehead atoms. The van der Waals surface area contributed by atoms with Gasteiger partial charge in [-0.25, -0.2) is 0 Å². The lowest BCUT2D eigenvalue weighted by Gasteiger charge is -2.09. The zero-order chi connectivity index (χ0) is 20.1. The summed E-state index contributed by atoms with van der Waals surface area (Å²) in [5, 5.41) is 25.0. The fourth-order valence-corrected chi connectivity index (χ4v) is 2.62. The molecule has 0 radical (unpaired) electrons. The van der Waals surface area contributed by atoms with E-state index in [4.69, 9.17) is 5.73 Å². The molecule has 0 unspecified atom stereocenters. The number of rotatable bonds is 7. The highest BCUT2D eigenvalue weighted by atomic mass is 16.3. The molecule has 1 heterocycles. The van der Waals surface area contributed by atoms with Crippen molar-refractivity contribution in [2.75, 3.05) is 16.0 Å². The number of hydrogen-bond donors (Lipinski definition) is 6. The molecule has 9 heteroatoms. The molecule has 0 aliphatic carbocycles. The van der Waals surface area contributed by atoms with E-state index in [1.54, 1.807) is 48.5 Å². The van der Waals surface area contributed by atoms with Crippen LogP contribution in [0.4, 0.5) is 23.0 Å². The van der Waals surface area contributed by atoms with Gasteiger partial charge < -0.3 is 26.8 Å². The standard InChI is InChI=1S/C19H20N6O3/c1-11(26)22-13-3-2-4-14(9-13)23-19-16(17(20)28)18(24-25-19)21-10-12-5-7-15(27)8-6-12/h2-9,27H,10H2,1H3,(H2,20,28)(H,22,26)(H3,21,23,24,25). The minimum absolute atomic E-state index is 0.177. The number of hydrogen-bond acceptors (Lipinski definition) is 6. The molecular weight excluding hydrogens is 360 g/mol. The van der Waals surface area contributed by atoms with Gasteiger partial charge in [-0.1, -0.05) is 18.2 Å². The number of primary amides is 1. The Morgan fingerprint density at radius 3 is 2.54 bits per heavy atom. The summed E-state index contributed by atoms with van der Waals surface area (Å²) >= 11 is 0. The van der Waals surface area contributed by atoms with Crippen LogP contribution in [0, 0.1) is 0 Å². The summed E-state index contributed by atoms with van der Waals surface area (Å²) in [5.74, 6) is -0.0178. The molecule has 0 aliphatic heterocycles. The van der Waals surface area contributed by atoms with Gasteiger partial charge in [0.25, 0.3) is 5.91 Å². The van der Waals surface area contributed by atoms with Crippen molar-refractivity contribution < 1.29 is 14.7 Å². The first kappa shape index (κ1) is 18.8. The van der Waals surface area contributed by atoms with Crippen molar-refractivity contribution in [3.8, 4) is 5.75 Å². The second-order valence-electron chi connectivity index (χ2n) is 6.09. The van der Waals surface area contributed by atoms with E-state index in [0.29, 0.717) is 23.7 Å². The van der Waals surface area contributed by atoms with Crippen molar-refractivity contribution in [1.82, 2.24) is 10.2 Å². The average Bonchev–Trinajstić information content (AvgIpc) is 3.04. The number of nitrogens with two attached hydrogens (primary N) is 1. The Bertz CT molecular complexity index is 997. The highest BCUT2D eigenvalue weighted by Crippen LogP contribution is 2.26. The summed E-state index contributed by atoms with van der Waals surface area (Å²) in [4.78, 5) is 23.2. The van der Waals surface area contributed by atoms with Gasteiger partial charge >= 0.3 is 0 Å². The van der Waals surface area contributed by atoms with E-state index in [2.05, 4.69) is 26.1 Å². The molecule has 2 amide bonds. The van der Waals surface area contributed by atoms with Crippen molar-refractivity contribution in [2.24, 2.45) is 5.73 Å². The van der Waals surface area contributed by atoms with Gasteiger partial charge in [0.1, 0.15) is 17.1 Å². The van der Waals surface area contributed by atoms with Crippen molar-refractivity contribution in [1.29, 1.82) is 0 Å². The summed E-state index contributed by atoms with van der Waals surface area (Å²) in [6.45, 7) is 1.82. The van der Waals surface area contributed by atoms with Crippen LogP contribution in [0.3, 0.4) is 0 Å². The fraction of sp³-hybridized carbons (Fsp3) is 0.105. The van der Waals surface area contributed by atoms with Crippen LogP contribution in [0.5, 0.6) is 5.75 Å². The summed E-state index contributed by atoms with van der Waals surface area (Å²) in [6, 6.07) is 13.7. The van der Waals surface area contributed by atoms with Crippen molar-refractivity contribution >= 4 is 34.8 Å².